The Bertz CT molecular complexity index is 510. The average Bonchev–Trinajstić information content (AvgIpc) is 2.47. The highest BCUT2D eigenvalue weighted by Crippen LogP contribution is 2.30. The molecule has 2 N–H and O–H groups in total. The Balaban J connectivity index is 1.87. The molecule has 116 valence electrons. The van der Waals surface area contributed by atoms with Crippen molar-refractivity contribution < 1.29 is 14.1 Å². The van der Waals surface area contributed by atoms with Crippen molar-refractivity contribution in [2.75, 3.05) is 31.6 Å². The van der Waals surface area contributed by atoms with Gasteiger partial charge >= 0.3 is 0 Å². The number of hydrogen-bond donors (Lipinski definition) is 2. The summed E-state index contributed by atoms with van der Waals surface area (Å²) in [5.74, 6) is -0.539. The Labute approximate surface area is 130 Å². The number of rotatable bonds is 6. The second kappa shape index (κ2) is 7.67. The number of nitro groups is 1. The number of hydrogen-bond acceptors (Lipinski definition) is 5. The molecule has 0 amide bonds. The molecule has 1 saturated heterocycles. The minimum atomic E-state index is -0.541. The molecule has 0 radical (unpaired) electrons. The van der Waals surface area contributed by atoms with Crippen molar-refractivity contribution in [2.45, 2.75) is 18.9 Å². The number of ether oxygens (including phenoxy) is 1. The third kappa shape index (κ3) is 4.62. The van der Waals surface area contributed by atoms with Gasteiger partial charge < -0.3 is 15.4 Å². The van der Waals surface area contributed by atoms with Crippen molar-refractivity contribution in [3.05, 3.63) is 32.5 Å². The molecule has 0 atom stereocenters. The van der Waals surface area contributed by atoms with Crippen LogP contribution in [0.25, 0.3) is 0 Å². The van der Waals surface area contributed by atoms with E-state index in [-0.39, 0.29) is 22.0 Å². The third-order valence-corrected chi connectivity index (χ3v) is 3.90. The van der Waals surface area contributed by atoms with Crippen molar-refractivity contribution in [1.29, 1.82) is 0 Å². The summed E-state index contributed by atoms with van der Waals surface area (Å²) in [7, 11) is 0. The molecular weight excluding hydrogens is 345 g/mol. The fraction of sp³-hybridized carbons (Fsp3) is 0.538. The van der Waals surface area contributed by atoms with E-state index in [1.807, 2.05) is 0 Å². The van der Waals surface area contributed by atoms with Gasteiger partial charge in [-0.3, -0.25) is 10.1 Å². The zero-order valence-electron chi connectivity index (χ0n) is 11.4. The monoisotopic (exact) mass is 361 g/mol. The lowest BCUT2D eigenvalue weighted by Crippen LogP contribution is -2.33. The van der Waals surface area contributed by atoms with Crippen molar-refractivity contribution in [3.63, 3.8) is 0 Å². The van der Waals surface area contributed by atoms with Gasteiger partial charge in [-0.2, -0.15) is 0 Å². The fourth-order valence-corrected chi connectivity index (χ4v) is 2.53. The summed E-state index contributed by atoms with van der Waals surface area (Å²) >= 11 is 2.94. The highest BCUT2D eigenvalue weighted by atomic mass is 79.9. The molecule has 21 heavy (non-hydrogen) atoms. The van der Waals surface area contributed by atoms with E-state index in [0.717, 1.165) is 38.1 Å². The molecule has 0 saturated carbocycles. The summed E-state index contributed by atoms with van der Waals surface area (Å²) in [5, 5.41) is 17.1. The number of nitrogens with one attached hydrogen (secondary N) is 2. The minimum absolute atomic E-state index is 0.0747. The molecular formula is C13H17BrFN3O3. The van der Waals surface area contributed by atoms with Gasteiger partial charge in [0, 0.05) is 18.7 Å². The van der Waals surface area contributed by atoms with Crippen molar-refractivity contribution >= 4 is 27.3 Å². The topological polar surface area (TPSA) is 76.4 Å². The second-order valence-corrected chi connectivity index (χ2v) is 5.64. The molecule has 1 aromatic rings. The molecule has 6 nitrogen and oxygen atoms in total. The lowest BCUT2D eigenvalue weighted by molar-refractivity contribution is -0.384. The van der Waals surface area contributed by atoms with E-state index < -0.39 is 10.7 Å². The number of anilines is 1. The zero-order chi connectivity index (χ0) is 15.2. The predicted octanol–water partition coefficient (Wildman–Crippen LogP) is 2.68. The maximum absolute atomic E-state index is 13.5. The van der Waals surface area contributed by atoms with Crippen LogP contribution in [0.4, 0.5) is 15.8 Å². The SMILES string of the molecule is O=[N+]([O-])c1cc(Br)c(F)cc1NCCOC1CCNCC1. The normalized spacial score (nSPS) is 15.9. The molecule has 1 fully saturated rings. The first-order chi connectivity index (χ1) is 10.1. The summed E-state index contributed by atoms with van der Waals surface area (Å²) in [6, 6.07) is 2.28. The average molecular weight is 362 g/mol. The van der Waals surface area contributed by atoms with Crippen LogP contribution in [0.1, 0.15) is 12.8 Å². The Hall–Kier alpha value is -1.25. The smallest absolute Gasteiger partial charge is 0.293 e. The van der Waals surface area contributed by atoms with Gasteiger partial charge in [-0.15, -0.1) is 0 Å². The van der Waals surface area contributed by atoms with Gasteiger partial charge in [-0.05, 0) is 41.9 Å². The number of benzene rings is 1. The number of halogens is 2. The molecule has 1 aromatic carbocycles. The van der Waals surface area contributed by atoms with Gasteiger partial charge in [0.2, 0.25) is 0 Å². The fourth-order valence-electron chi connectivity index (χ4n) is 2.20. The van der Waals surface area contributed by atoms with E-state index in [0.29, 0.717) is 13.2 Å². The van der Waals surface area contributed by atoms with Crippen LogP contribution >= 0.6 is 15.9 Å². The third-order valence-electron chi connectivity index (χ3n) is 3.29. The van der Waals surface area contributed by atoms with Crippen LogP contribution in [-0.2, 0) is 4.74 Å². The van der Waals surface area contributed by atoms with E-state index >= 15 is 0 Å². The largest absolute Gasteiger partial charge is 0.377 e. The van der Waals surface area contributed by atoms with E-state index in [9.17, 15) is 14.5 Å². The van der Waals surface area contributed by atoms with Crippen LogP contribution in [0.3, 0.4) is 0 Å². The maximum Gasteiger partial charge on any atom is 0.293 e. The zero-order valence-corrected chi connectivity index (χ0v) is 13.0. The van der Waals surface area contributed by atoms with Crippen LogP contribution in [0, 0.1) is 15.9 Å². The molecule has 2 rings (SSSR count). The van der Waals surface area contributed by atoms with E-state index in [1.54, 1.807) is 0 Å². The van der Waals surface area contributed by atoms with Crippen molar-refractivity contribution in [1.82, 2.24) is 5.32 Å². The maximum atomic E-state index is 13.5. The molecule has 8 heteroatoms. The first-order valence-corrected chi connectivity index (χ1v) is 7.57. The van der Waals surface area contributed by atoms with Crippen LogP contribution in [-0.4, -0.2) is 37.3 Å². The predicted molar refractivity (Wildman–Crippen MR) is 81.1 cm³/mol. The summed E-state index contributed by atoms with van der Waals surface area (Å²) in [4.78, 5) is 10.4. The molecule has 0 aromatic heterocycles. The van der Waals surface area contributed by atoms with Gasteiger partial charge in [-0.25, -0.2) is 4.39 Å². The van der Waals surface area contributed by atoms with Gasteiger partial charge in [0.05, 0.1) is 22.1 Å². The van der Waals surface area contributed by atoms with Gasteiger partial charge in [-0.1, -0.05) is 0 Å². The Kier molecular flexibility index (Phi) is 5.89. The number of nitro benzene ring substituents is 1. The Morgan fingerprint density at radius 2 is 2.19 bits per heavy atom. The lowest BCUT2D eigenvalue weighted by atomic mass is 10.1. The van der Waals surface area contributed by atoms with Gasteiger partial charge in [0.1, 0.15) is 11.5 Å². The molecule has 1 aliphatic heterocycles. The van der Waals surface area contributed by atoms with Crippen LogP contribution in [0.5, 0.6) is 0 Å². The Morgan fingerprint density at radius 3 is 2.86 bits per heavy atom. The van der Waals surface area contributed by atoms with Crippen LogP contribution in [0.2, 0.25) is 0 Å². The molecule has 0 aliphatic carbocycles. The van der Waals surface area contributed by atoms with Gasteiger partial charge in [0.25, 0.3) is 5.69 Å². The summed E-state index contributed by atoms with van der Waals surface area (Å²) in [6.07, 6.45) is 2.16. The van der Waals surface area contributed by atoms with Crippen LogP contribution in [0.15, 0.2) is 16.6 Å². The minimum Gasteiger partial charge on any atom is -0.377 e. The van der Waals surface area contributed by atoms with E-state index in [4.69, 9.17) is 4.74 Å². The quantitative estimate of drug-likeness (QED) is 0.462. The number of nitrogens with zero attached hydrogens (tertiary/aromatic N) is 1. The summed E-state index contributed by atoms with van der Waals surface area (Å²) in [6.45, 7) is 2.72. The first-order valence-electron chi connectivity index (χ1n) is 6.77. The molecule has 0 bridgehead atoms. The lowest BCUT2D eigenvalue weighted by Gasteiger charge is -2.23. The van der Waals surface area contributed by atoms with Crippen molar-refractivity contribution in [3.8, 4) is 0 Å². The van der Waals surface area contributed by atoms with Crippen molar-refractivity contribution in [2.24, 2.45) is 0 Å². The van der Waals surface area contributed by atoms with E-state index in [2.05, 4.69) is 26.6 Å². The second-order valence-electron chi connectivity index (χ2n) is 4.79. The molecule has 1 heterocycles. The first kappa shape index (κ1) is 16.1. The standard InChI is InChI=1S/C13H17BrFN3O3/c14-10-7-13(18(19)20)12(8-11(10)15)17-5-6-21-9-1-3-16-4-2-9/h7-9,16-17H,1-6H2. The highest BCUT2D eigenvalue weighted by Gasteiger charge is 2.17. The number of piperidine rings is 1. The summed E-state index contributed by atoms with van der Waals surface area (Å²) < 4.78 is 19.2. The molecule has 0 spiro atoms. The highest BCUT2D eigenvalue weighted by molar-refractivity contribution is 9.10. The Morgan fingerprint density at radius 1 is 1.48 bits per heavy atom. The van der Waals surface area contributed by atoms with E-state index in [1.165, 1.54) is 0 Å². The van der Waals surface area contributed by atoms with Crippen LogP contribution < -0.4 is 10.6 Å². The molecule has 0 unspecified atom stereocenters. The molecule has 1 aliphatic rings. The van der Waals surface area contributed by atoms with Gasteiger partial charge in [0.15, 0.2) is 0 Å². The summed E-state index contributed by atoms with van der Waals surface area (Å²) in [5.41, 5.74) is -0.000229.